The van der Waals surface area contributed by atoms with Crippen molar-refractivity contribution >= 4 is 5.69 Å². The number of benzene rings is 1. The van der Waals surface area contributed by atoms with Gasteiger partial charge in [0.15, 0.2) is 0 Å². The first-order chi connectivity index (χ1) is 5.81. The molecule has 0 heterocycles. The molecule has 0 bridgehead atoms. The molecule has 0 aliphatic carbocycles. The van der Waals surface area contributed by atoms with Gasteiger partial charge < -0.3 is 10.1 Å². The van der Waals surface area contributed by atoms with Gasteiger partial charge in [-0.3, -0.25) is 0 Å². The van der Waals surface area contributed by atoms with Crippen molar-refractivity contribution in [1.82, 2.24) is 0 Å². The van der Waals surface area contributed by atoms with Gasteiger partial charge in [-0.25, -0.2) is 0 Å². The molecule has 0 saturated carbocycles. The van der Waals surface area contributed by atoms with Crippen LogP contribution in [-0.2, 0) is 0 Å². The van der Waals surface area contributed by atoms with E-state index in [1.165, 1.54) is 0 Å². The van der Waals surface area contributed by atoms with Crippen LogP contribution in [0.15, 0.2) is 18.2 Å². The third-order valence-corrected chi connectivity index (χ3v) is 1.65. The molecule has 0 aromatic heterocycles. The predicted molar refractivity (Wildman–Crippen MR) is 50.5 cm³/mol. The molecule has 2 heteroatoms. The molecule has 0 saturated heterocycles. The van der Waals surface area contributed by atoms with Gasteiger partial charge in [-0.15, -0.1) is 6.42 Å². The molecular weight excluding hydrogens is 150 g/mol. The highest BCUT2D eigenvalue weighted by molar-refractivity contribution is 5.60. The summed E-state index contributed by atoms with van der Waals surface area (Å²) in [4.78, 5) is 0. The fourth-order valence-corrected chi connectivity index (χ4v) is 0.988. The second-order valence-electron chi connectivity index (χ2n) is 2.31. The van der Waals surface area contributed by atoms with Gasteiger partial charge in [0.25, 0.3) is 0 Å². The van der Waals surface area contributed by atoms with Gasteiger partial charge in [0.2, 0.25) is 0 Å². The van der Waals surface area contributed by atoms with E-state index in [-0.39, 0.29) is 0 Å². The van der Waals surface area contributed by atoms with Crippen LogP contribution in [0.2, 0.25) is 0 Å². The highest BCUT2D eigenvalue weighted by Gasteiger charge is 1.98. The lowest BCUT2D eigenvalue weighted by Gasteiger charge is -2.05. The Kier molecular flexibility index (Phi) is 2.60. The number of terminal acetylenes is 1. The topological polar surface area (TPSA) is 21.3 Å². The second kappa shape index (κ2) is 3.68. The van der Waals surface area contributed by atoms with Crippen LogP contribution in [0.4, 0.5) is 5.69 Å². The average molecular weight is 161 g/mol. The highest BCUT2D eigenvalue weighted by atomic mass is 16.5. The van der Waals surface area contributed by atoms with Crippen molar-refractivity contribution in [1.29, 1.82) is 0 Å². The summed E-state index contributed by atoms with van der Waals surface area (Å²) in [6.45, 7) is 0. The smallest absolute Gasteiger partial charge is 0.120 e. The summed E-state index contributed by atoms with van der Waals surface area (Å²) in [6, 6.07) is 5.59. The van der Waals surface area contributed by atoms with Crippen LogP contribution in [-0.4, -0.2) is 14.2 Å². The molecule has 1 N–H and O–H groups in total. The van der Waals surface area contributed by atoms with Crippen molar-refractivity contribution in [2.24, 2.45) is 0 Å². The minimum absolute atomic E-state index is 0.780. The quantitative estimate of drug-likeness (QED) is 0.667. The van der Waals surface area contributed by atoms with Gasteiger partial charge in [-0.1, -0.05) is 5.92 Å². The zero-order chi connectivity index (χ0) is 8.97. The van der Waals surface area contributed by atoms with Crippen LogP contribution >= 0.6 is 0 Å². The van der Waals surface area contributed by atoms with Gasteiger partial charge >= 0.3 is 0 Å². The van der Waals surface area contributed by atoms with Gasteiger partial charge in [0.05, 0.1) is 12.7 Å². The van der Waals surface area contributed by atoms with Crippen molar-refractivity contribution in [3.63, 3.8) is 0 Å². The summed E-state index contributed by atoms with van der Waals surface area (Å²) in [6.07, 6.45) is 5.30. The third kappa shape index (κ3) is 1.51. The molecular formula is C10H11NO. The Morgan fingerprint density at radius 1 is 1.50 bits per heavy atom. The number of hydrogen-bond donors (Lipinski definition) is 1. The Morgan fingerprint density at radius 3 is 2.75 bits per heavy atom. The van der Waals surface area contributed by atoms with Crippen LogP contribution in [0.1, 0.15) is 5.56 Å². The zero-order valence-corrected chi connectivity index (χ0v) is 7.22. The van der Waals surface area contributed by atoms with E-state index in [1.807, 2.05) is 25.2 Å². The normalized spacial score (nSPS) is 8.75. The molecule has 0 fully saturated rings. The zero-order valence-electron chi connectivity index (χ0n) is 7.22. The summed E-state index contributed by atoms with van der Waals surface area (Å²) >= 11 is 0. The first kappa shape index (κ1) is 8.48. The Hall–Kier alpha value is -1.62. The maximum atomic E-state index is 5.30. The Labute approximate surface area is 72.6 Å². The fourth-order valence-electron chi connectivity index (χ4n) is 0.988. The standard InChI is InChI=1S/C10H11NO/c1-4-8-7-9(12-3)5-6-10(8)11-2/h1,5-7,11H,2-3H3. The van der Waals surface area contributed by atoms with Gasteiger partial charge in [-0.05, 0) is 18.2 Å². The molecule has 0 atom stereocenters. The van der Waals surface area contributed by atoms with Crippen LogP contribution in [0, 0.1) is 12.3 Å². The summed E-state index contributed by atoms with van der Waals surface area (Å²) in [5, 5.41) is 3.00. The van der Waals surface area contributed by atoms with E-state index in [2.05, 4.69) is 11.2 Å². The number of anilines is 1. The molecule has 62 valence electrons. The van der Waals surface area contributed by atoms with Crippen molar-refractivity contribution in [3.8, 4) is 18.1 Å². The van der Waals surface area contributed by atoms with E-state index < -0.39 is 0 Å². The molecule has 1 rings (SSSR count). The predicted octanol–water partition coefficient (Wildman–Crippen LogP) is 1.72. The van der Waals surface area contributed by atoms with E-state index >= 15 is 0 Å². The van der Waals surface area contributed by atoms with Crippen molar-refractivity contribution in [2.75, 3.05) is 19.5 Å². The van der Waals surface area contributed by atoms with Crippen LogP contribution < -0.4 is 10.1 Å². The van der Waals surface area contributed by atoms with Crippen molar-refractivity contribution in [2.45, 2.75) is 0 Å². The highest BCUT2D eigenvalue weighted by Crippen LogP contribution is 2.20. The third-order valence-electron chi connectivity index (χ3n) is 1.65. The van der Waals surface area contributed by atoms with Gasteiger partial charge in [0, 0.05) is 12.7 Å². The number of ether oxygens (including phenoxy) is 1. The number of hydrogen-bond acceptors (Lipinski definition) is 2. The summed E-state index contributed by atoms with van der Waals surface area (Å²) in [5.74, 6) is 3.36. The molecule has 0 amide bonds. The number of methoxy groups -OCH3 is 1. The van der Waals surface area contributed by atoms with E-state index in [0.29, 0.717) is 0 Å². The first-order valence-electron chi connectivity index (χ1n) is 3.64. The monoisotopic (exact) mass is 161 g/mol. The average Bonchev–Trinajstić information content (AvgIpc) is 2.16. The van der Waals surface area contributed by atoms with Crippen LogP contribution in [0.25, 0.3) is 0 Å². The molecule has 0 unspecified atom stereocenters. The lowest BCUT2D eigenvalue weighted by molar-refractivity contribution is 0.415. The summed E-state index contributed by atoms with van der Waals surface area (Å²) in [7, 11) is 3.46. The van der Waals surface area contributed by atoms with Crippen LogP contribution in [0.5, 0.6) is 5.75 Å². The van der Waals surface area contributed by atoms with E-state index in [0.717, 1.165) is 17.0 Å². The molecule has 0 aliphatic rings. The van der Waals surface area contributed by atoms with E-state index in [9.17, 15) is 0 Å². The molecule has 2 nitrogen and oxygen atoms in total. The second-order valence-corrected chi connectivity index (χ2v) is 2.31. The SMILES string of the molecule is C#Cc1cc(OC)ccc1NC. The van der Waals surface area contributed by atoms with Crippen molar-refractivity contribution < 1.29 is 4.74 Å². The van der Waals surface area contributed by atoms with Crippen LogP contribution in [0.3, 0.4) is 0 Å². The Bertz CT molecular complexity index is 312. The molecule has 0 radical (unpaired) electrons. The molecule has 0 aliphatic heterocycles. The molecule has 0 spiro atoms. The maximum Gasteiger partial charge on any atom is 0.120 e. The first-order valence-corrected chi connectivity index (χ1v) is 3.64. The summed E-state index contributed by atoms with van der Waals surface area (Å²) in [5.41, 5.74) is 1.76. The number of rotatable bonds is 2. The molecule has 1 aromatic rings. The van der Waals surface area contributed by atoms with Crippen molar-refractivity contribution in [3.05, 3.63) is 23.8 Å². The molecule has 1 aromatic carbocycles. The Morgan fingerprint density at radius 2 is 2.25 bits per heavy atom. The Balaban J connectivity index is 3.13. The van der Waals surface area contributed by atoms with Gasteiger partial charge in [0.1, 0.15) is 5.75 Å². The lowest BCUT2D eigenvalue weighted by atomic mass is 10.2. The minimum Gasteiger partial charge on any atom is -0.497 e. The van der Waals surface area contributed by atoms with E-state index in [1.54, 1.807) is 7.11 Å². The number of nitrogens with one attached hydrogen (secondary N) is 1. The van der Waals surface area contributed by atoms with E-state index in [4.69, 9.17) is 11.2 Å². The lowest BCUT2D eigenvalue weighted by Crippen LogP contribution is -1.92. The largest absolute Gasteiger partial charge is 0.497 e. The summed E-state index contributed by atoms with van der Waals surface area (Å²) < 4.78 is 5.03. The maximum absolute atomic E-state index is 5.30. The van der Waals surface area contributed by atoms with Gasteiger partial charge in [-0.2, -0.15) is 0 Å². The minimum atomic E-state index is 0.780. The fraction of sp³-hybridized carbons (Fsp3) is 0.200. The molecule has 12 heavy (non-hydrogen) atoms.